The normalized spacial score (nSPS) is 16.3. The number of rotatable bonds is 4. The second-order valence-electron chi connectivity index (χ2n) is 4.69. The highest BCUT2D eigenvalue weighted by Gasteiger charge is 2.32. The number of carbonyl (C=O) groups is 1. The van der Waals surface area contributed by atoms with E-state index in [0.717, 1.165) is 17.3 Å². The summed E-state index contributed by atoms with van der Waals surface area (Å²) in [6, 6.07) is 12.2. The second-order valence-corrected chi connectivity index (χ2v) is 6.36. The summed E-state index contributed by atoms with van der Waals surface area (Å²) in [5.74, 6) is -0.351. The number of thioether (sulfide) groups is 1. The van der Waals surface area contributed by atoms with Gasteiger partial charge in [0.15, 0.2) is 0 Å². The summed E-state index contributed by atoms with van der Waals surface area (Å²) in [5.41, 5.74) is 0.971. The molecule has 1 aromatic heterocycles. The van der Waals surface area contributed by atoms with Gasteiger partial charge in [-0.05, 0) is 11.6 Å². The molecule has 0 aliphatic carbocycles. The summed E-state index contributed by atoms with van der Waals surface area (Å²) in [4.78, 5) is 24.3. The van der Waals surface area contributed by atoms with Crippen LogP contribution in [-0.2, 0) is 11.3 Å². The van der Waals surface area contributed by atoms with Crippen LogP contribution in [0.5, 0.6) is 0 Å². The Balaban J connectivity index is 1.80. The molecular formula is C15H10N2O4S2. The van der Waals surface area contributed by atoms with Gasteiger partial charge in [0, 0.05) is 6.08 Å². The Labute approximate surface area is 140 Å². The van der Waals surface area contributed by atoms with Gasteiger partial charge in [0.25, 0.3) is 5.91 Å². The van der Waals surface area contributed by atoms with Gasteiger partial charge in [-0.1, -0.05) is 54.3 Å². The molecule has 23 heavy (non-hydrogen) atoms. The average Bonchev–Trinajstić information content (AvgIpc) is 3.10. The lowest BCUT2D eigenvalue weighted by molar-refractivity contribution is -0.402. The van der Waals surface area contributed by atoms with Crippen molar-refractivity contribution in [2.24, 2.45) is 0 Å². The van der Waals surface area contributed by atoms with Gasteiger partial charge in [0.05, 0.1) is 17.5 Å². The van der Waals surface area contributed by atoms with E-state index in [2.05, 4.69) is 0 Å². The highest BCUT2D eigenvalue weighted by atomic mass is 32.2. The van der Waals surface area contributed by atoms with Crippen LogP contribution in [0.3, 0.4) is 0 Å². The largest absolute Gasteiger partial charge is 0.433 e. The number of carbonyl (C=O) groups excluding carboxylic acids is 1. The van der Waals surface area contributed by atoms with Crippen LogP contribution < -0.4 is 0 Å². The minimum Gasteiger partial charge on any atom is -0.401 e. The van der Waals surface area contributed by atoms with Gasteiger partial charge >= 0.3 is 5.88 Å². The van der Waals surface area contributed by atoms with Crippen LogP contribution >= 0.6 is 24.0 Å². The van der Waals surface area contributed by atoms with Gasteiger partial charge in [-0.2, -0.15) is 0 Å². The van der Waals surface area contributed by atoms with Gasteiger partial charge in [0.2, 0.25) is 0 Å². The summed E-state index contributed by atoms with van der Waals surface area (Å²) in [5, 5.41) is 10.6. The number of hydrogen-bond donors (Lipinski definition) is 0. The van der Waals surface area contributed by atoms with Gasteiger partial charge in [-0.25, -0.2) is 0 Å². The average molecular weight is 346 g/mol. The molecule has 1 aliphatic rings. The third-order valence-electron chi connectivity index (χ3n) is 3.12. The number of amides is 1. The molecule has 2 aromatic rings. The zero-order valence-electron chi connectivity index (χ0n) is 11.7. The van der Waals surface area contributed by atoms with Crippen molar-refractivity contribution >= 4 is 46.2 Å². The van der Waals surface area contributed by atoms with E-state index >= 15 is 0 Å². The molecule has 116 valence electrons. The predicted octanol–water partition coefficient (Wildman–Crippen LogP) is 3.59. The van der Waals surface area contributed by atoms with E-state index in [1.54, 1.807) is 0 Å². The number of thiocarbonyl (C=S) groups is 1. The van der Waals surface area contributed by atoms with Crippen LogP contribution in [0.2, 0.25) is 0 Å². The molecule has 0 atom stereocenters. The second kappa shape index (κ2) is 6.35. The van der Waals surface area contributed by atoms with Crippen molar-refractivity contribution in [3.8, 4) is 0 Å². The molecule has 1 fully saturated rings. The first-order chi connectivity index (χ1) is 11.0. The summed E-state index contributed by atoms with van der Waals surface area (Å²) >= 11 is 6.40. The zero-order valence-corrected chi connectivity index (χ0v) is 13.3. The fourth-order valence-corrected chi connectivity index (χ4v) is 3.28. The molecule has 0 radical (unpaired) electrons. The topological polar surface area (TPSA) is 76.6 Å². The van der Waals surface area contributed by atoms with E-state index < -0.39 is 4.92 Å². The van der Waals surface area contributed by atoms with Crippen LogP contribution in [0.1, 0.15) is 11.3 Å². The maximum Gasteiger partial charge on any atom is 0.433 e. The van der Waals surface area contributed by atoms with E-state index in [9.17, 15) is 14.9 Å². The van der Waals surface area contributed by atoms with Gasteiger partial charge in [-0.15, -0.1) is 0 Å². The van der Waals surface area contributed by atoms with Crippen molar-refractivity contribution in [1.29, 1.82) is 0 Å². The number of hydrogen-bond acceptors (Lipinski definition) is 6. The fourth-order valence-electron chi connectivity index (χ4n) is 2.05. The van der Waals surface area contributed by atoms with Crippen LogP contribution in [0.4, 0.5) is 5.88 Å². The molecule has 3 rings (SSSR count). The third kappa shape index (κ3) is 3.33. The lowest BCUT2D eigenvalue weighted by Crippen LogP contribution is -2.27. The number of nitrogens with zero attached hydrogens (tertiary/aromatic N) is 2. The monoisotopic (exact) mass is 346 g/mol. The smallest absolute Gasteiger partial charge is 0.401 e. The van der Waals surface area contributed by atoms with Gasteiger partial charge < -0.3 is 4.42 Å². The van der Waals surface area contributed by atoms with Crippen LogP contribution in [0.15, 0.2) is 51.8 Å². The van der Waals surface area contributed by atoms with Gasteiger partial charge in [-0.3, -0.25) is 19.8 Å². The third-order valence-corrected chi connectivity index (χ3v) is 4.50. The van der Waals surface area contributed by atoms with E-state index in [-0.39, 0.29) is 17.6 Å². The molecule has 1 aromatic carbocycles. The molecule has 0 saturated carbocycles. The minimum atomic E-state index is -0.627. The van der Waals surface area contributed by atoms with Crippen molar-refractivity contribution < 1.29 is 14.1 Å². The first-order valence-corrected chi connectivity index (χ1v) is 7.80. The summed E-state index contributed by atoms with van der Waals surface area (Å²) in [7, 11) is 0. The Hall–Kier alpha value is -2.45. The number of nitro groups is 1. The highest BCUT2D eigenvalue weighted by molar-refractivity contribution is 8.26. The molecule has 0 N–H and O–H groups in total. The van der Waals surface area contributed by atoms with Crippen LogP contribution in [0.25, 0.3) is 6.08 Å². The maximum absolute atomic E-state index is 12.4. The first kappa shape index (κ1) is 15.4. The highest BCUT2D eigenvalue weighted by Crippen LogP contribution is 2.34. The fraction of sp³-hybridized carbons (Fsp3) is 0.0667. The van der Waals surface area contributed by atoms with E-state index in [4.69, 9.17) is 16.6 Å². The first-order valence-electron chi connectivity index (χ1n) is 6.58. The predicted molar refractivity (Wildman–Crippen MR) is 90.5 cm³/mol. The lowest BCUT2D eigenvalue weighted by Gasteiger charge is -2.14. The molecule has 8 heteroatoms. The lowest BCUT2D eigenvalue weighted by atomic mass is 10.2. The molecule has 2 heterocycles. The summed E-state index contributed by atoms with van der Waals surface area (Å²) in [6.07, 6.45) is 1.47. The molecule has 1 aliphatic heterocycles. The zero-order chi connectivity index (χ0) is 16.4. The molecule has 0 unspecified atom stereocenters. The Bertz CT molecular complexity index is 814. The Kier molecular flexibility index (Phi) is 4.26. The Morgan fingerprint density at radius 3 is 2.65 bits per heavy atom. The number of furan rings is 1. The number of benzene rings is 1. The molecule has 6 nitrogen and oxygen atoms in total. The van der Waals surface area contributed by atoms with Crippen molar-refractivity contribution in [2.45, 2.75) is 6.54 Å². The quantitative estimate of drug-likeness (QED) is 0.364. The minimum absolute atomic E-state index is 0.233. The molecule has 1 amide bonds. The molecule has 0 bridgehead atoms. The standard InChI is InChI=1S/C15H10N2O4S2/c18-14-12(8-11-6-7-13(21-11)17(19)20)23-15(22)16(14)9-10-4-2-1-3-5-10/h1-8H,9H2/b12-8-. The summed E-state index contributed by atoms with van der Waals surface area (Å²) < 4.78 is 5.49. The van der Waals surface area contributed by atoms with Crippen molar-refractivity contribution in [3.05, 3.63) is 68.8 Å². The van der Waals surface area contributed by atoms with E-state index in [1.807, 2.05) is 30.3 Å². The summed E-state index contributed by atoms with van der Waals surface area (Å²) in [6.45, 7) is 0.390. The maximum atomic E-state index is 12.4. The Morgan fingerprint density at radius 1 is 1.26 bits per heavy atom. The Morgan fingerprint density at radius 2 is 2.00 bits per heavy atom. The van der Waals surface area contributed by atoms with Crippen LogP contribution in [-0.4, -0.2) is 20.1 Å². The van der Waals surface area contributed by atoms with Crippen LogP contribution in [0, 0.1) is 10.1 Å². The SMILES string of the molecule is O=C1/C(=C/c2ccc([N+](=O)[O-])o2)SC(=S)N1Cc1ccccc1. The molecule has 0 spiro atoms. The van der Waals surface area contributed by atoms with E-state index in [0.29, 0.717) is 15.8 Å². The molecule has 1 saturated heterocycles. The van der Waals surface area contributed by atoms with Gasteiger partial charge in [0.1, 0.15) is 15.0 Å². The van der Waals surface area contributed by atoms with Crippen molar-refractivity contribution in [2.75, 3.05) is 0 Å². The van der Waals surface area contributed by atoms with E-state index in [1.165, 1.54) is 23.1 Å². The molecular weight excluding hydrogens is 336 g/mol. The van der Waals surface area contributed by atoms with Crippen molar-refractivity contribution in [3.63, 3.8) is 0 Å². The van der Waals surface area contributed by atoms with Crippen molar-refractivity contribution in [1.82, 2.24) is 4.90 Å².